The molecule has 0 saturated carbocycles. The summed E-state index contributed by atoms with van der Waals surface area (Å²) >= 11 is 5.89. The first-order valence-electron chi connectivity index (χ1n) is 7.14. The lowest BCUT2D eigenvalue weighted by Gasteiger charge is -2.19. The predicted molar refractivity (Wildman–Crippen MR) is 86.1 cm³/mol. The zero-order chi connectivity index (χ0) is 15.0. The second-order valence-electron chi connectivity index (χ2n) is 4.82. The molecule has 0 aliphatic carbocycles. The molecule has 0 saturated heterocycles. The zero-order valence-corrected chi connectivity index (χ0v) is 13.0. The molecule has 20 heavy (non-hydrogen) atoms. The van der Waals surface area contributed by atoms with Crippen LogP contribution in [-0.2, 0) is 4.79 Å². The third kappa shape index (κ3) is 5.80. The van der Waals surface area contributed by atoms with Crippen molar-refractivity contribution >= 4 is 28.9 Å². The van der Waals surface area contributed by atoms with E-state index in [0.29, 0.717) is 22.8 Å². The molecule has 0 aliphatic heterocycles. The summed E-state index contributed by atoms with van der Waals surface area (Å²) in [5.74, 6) is -0.0334. The monoisotopic (exact) mass is 297 g/mol. The van der Waals surface area contributed by atoms with Crippen LogP contribution in [0.25, 0.3) is 0 Å². The summed E-state index contributed by atoms with van der Waals surface area (Å²) in [7, 11) is 0. The Morgan fingerprint density at radius 3 is 2.75 bits per heavy atom. The Labute approximate surface area is 126 Å². The molecule has 0 atom stereocenters. The highest BCUT2D eigenvalue weighted by molar-refractivity contribution is 6.31. The van der Waals surface area contributed by atoms with E-state index in [2.05, 4.69) is 24.1 Å². The van der Waals surface area contributed by atoms with Gasteiger partial charge < -0.3 is 16.0 Å². The number of nitrogens with two attached hydrogens (primary N) is 1. The molecule has 0 aromatic heterocycles. The average molecular weight is 298 g/mol. The molecule has 0 bridgehead atoms. The number of anilines is 2. The van der Waals surface area contributed by atoms with Gasteiger partial charge in [0.15, 0.2) is 0 Å². The van der Waals surface area contributed by atoms with E-state index in [9.17, 15) is 4.79 Å². The molecule has 0 spiro atoms. The van der Waals surface area contributed by atoms with Crippen molar-refractivity contribution in [3.8, 4) is 0 Å². The van der Waals surface area contributed by atoms with Gasteiger partial charge in [0.1, 0.15) is 0 Å². The first-order valence-corrected chi connectivity index (χ1v) is 7.51. The highest BCUT2D eigenvalue weighted by Gasteiger charge is 2.08. The number of nitrogens with zero attached hydrogens (tertiary/aromatic N) is 1. The van der Waals surface area contributed by atoms with Crippen molar-refractivity contribution < 1.29 is 4.79 Å². The fourth-order valence-electron chi connectivity index (χ4n) is 1.92. The molecule has 0 fully saturated rings. The van der Waals surface area contributed by atoms with Crippen LogP contribution < -0.4 is 11.1 Å². The Morgan fingerprint density at radius 2 is 2.10 bits per heavy atom. The Balaban J connectivity index is 2.45. The predicted octanol–water partition coefficient (Wildman–Crippen LogP) is 3.37. The van der Waals surface area contributed by atoms with Crippen LogP contribution in [0.2, 0.25) is 5.02 Å². The van der Waals surface area contributed by atoms with Crippen LogP contribution in [0.3, 0.4) is 0 Å². The summed E-state index contributed by atoms with van der Waals surface area (Å²) in [5, 5.41) is 3.37. The summed E-state index contributed by atoms with van der Waals surface area (Å²) < 4.78 is 0. The number of carbonyl (C=O) groups excluding carboxylic acids is 1. The molecule has 112 valence electrons. The largest absolute Gasteiger partial charge is 0.397 e. The molecule has 1 aromatic carbocycles. The Bertz CT molecular complexity index is 437. The van der Waals surface area contributed by atoms with Crippen LogP contribution in [0.4, 0.5) is 11.4 Å². The molecule has 0 radical (unpaired) electrons. The summed E-state index contributed by atoms with van der Waals surface area (Å²) in [5.41, 5.74) is 6.91. The smallest absolute Gasteiger partial charge is 0.225 e. The van der Waals surface area contributed by atoms with E-state index >= 15 is 0 Å². The van der Waals surface area contributed by atoms with E-state index in [4.69, 9.17) is 17.3 Å². The summed E-state index contributed by atoms with van der Waals surface area (Å²) in [6, 6.07) is 5.07. The van der Waals surface area contributed by atoms with Crippen molar-refractivity contribution in [1.29, 1.82) is 0 Å². The maximum Gasteiger partial charge on any atom is 0.225 e. The number of halogens is 1. The van der Waals surface area contributed by atoms with Gasteiger partial charge in [-0.15, -0.1) is 0 Å². The van der Waals surface area contributed by atoms with Gasteiger partial charge in [0.25, 0.3) is 0 Å². The number of hydrogen-bond acceptors (Lipinski definition) is 3. The lowest BCUT2D eigenvalue weighted by atomic mass is 10.2. The Kier molecular flexibility index (Phi) is 7.41. The van der Waals surface area contributed by atoms with Crippen LogP contribution in [0.1, 0.15) is 33.1 Å². The second-order valence-corrected chi connectivity index (χ2v) is 5.25. The molecule has 1 aromatic rings. The van der Waals surface area contributed by atoms with Crippen molar-refractivity contribution in [2.45, 2.75) is 33.1 Å². The molecule has 1 rings (SSSR count). The van der Waals surface area contributed by atoms with Crippen molar-refractivity contribution in [3.63, 3.8) is 0 Å². The van der Waals surface area contributed by atoms with Crippen LogP contribution >= 0.6 is 11.6 Å². The maximum atomic E-state index is 11.9. The van der Waals surface area contributed by atoms with Gasteiger partial charge >= 0.3 is 0 Å². The molecule has 5 heteroatoms. The summed E-state index contributed by atoms with van der Waals surface area (Å²) in [4.78, 5) is 14.2. The number of rotatable bonds is 8. The van der Waals surface area contributed by atoms with E-state index in [1.165, 1.54) is 6.42 Å². The molecular weight excluding hydrogens is 274 g/mol. The minimum Gasteiger partial charge on any atom is -0.397 e. The van der Waals surface area contributed by atoms with Crippen LogP contribution in [0.15, 0.2) is 18.2 Å². The van der Waals surface area contributed by atoms with E-state index in [-0.39, 0.29) is 5.91 Å². The standard InChI is InChI=1S/C15H24ClN3O/c1-3-5-9-19(4-2)10-8-15(20)18-14-11-12(16)6-7-13(14)17/h6-7,11H,3-5,8-10,17H2,1-2H3,(H,18,20). The summed E-state index contributed by atoms with van der Waals surface area (Å²) in [6.07, 6.45) is 2.79. The number of nitrogens with one attached hydrogen (secondary N) is 1. The zero-order valence-electron chi connectivity index (χ0n) is 12.3. The van der Waals surface area contributed by atoms with Crippen LogP contribution in [0, 0.1) is 0 Å². The molecule has 0 aliphatic rings. The lowest BCUT2D eigenvalue weighted by molar-refractivity contribution is -0.116. The Hall–Kier alpha value is -1.26. The first kappa shape index (κ1) is 16.8. The normalized spacial score (nSPS) is 10.8. The third-order valence-corrected chi connectivity index (χ3v) is 3.45. The van der Waals surface area contributed by atoms with Crippen molar-refractivity contribution in [2.75, 3.05) is 30.7 Å². The maximum absolute atomic E-state index is 11.9. The number of carbonyl (C=O) groups is 1. The number of amides is 1. The summed E-state index contributed by atoms with van der Waals surface area (Å²) in [6.45, 7) is 7.06. The number of benzene rings is 1. The fourth-order valence-corrected chi connectivity index (χ4v) is 2.09. The van der Waals surface area contributed by atoms with Crippen LogP contribution in [-0.4, -0.2) is 30.4 Å². The highest BCUT2D eigenvalue weighted by Crippen LogP contribution is 2.22. The first-order chi connectivity index (χ1) is 9.56. The molecule has 1 amide bonds. The van der Waals surface area contributed by atoms with E-state index in [1.807, 2.05) is 0 Å². The SMILES string of the molecule is CCCCN(CC)CCC(=O)Nc1cc(Cl)ccc1N. The van der Waals surface area contributed by atoms with Gasteiger partial charge in [0.05, 0.1) is 11.4 Å². The number of unbranched alkanes of at least 4 members (excludes halogenated alkanes) is 1. The molecule has 4 nitrogen and oxygen atoms in total. The lowest BCUT2D eigenvalue weighted by Crippen LogP contribution is -2.28. The minimum atomic E-state index is -0.0334. The van der Waals surface area contributed by atoms with Gasteiger partial charge in [-0.1, -0.05) is 31.9 Å². The van der Waals surface area contributed by atoms with E-state index in [1.54, 1.807) is 18.2 Å². The molecule has 0 unspecified atom stereocenters. The third-order valence-electron chi connectivity index (χ3n) is 3.22. The molecule has 0 heterocycles. The van der Waals surface area contributed by atoms with Crippen LogP contribution in [0.5, 0.6) is 0 Å². The quantitative estimate of drug-likeness (QED) is 0.723. The topological polar surface area (TPSA) is 58.4 Å². The van der Waals surface area contributed by atoms with Gasteiger partial charge in [-0.25, -0.2) is 0 Å². The van der Waals surface area contributed by atoms with Gasteiger partial charge in [-0.2, -0.15) is 0 Å². The van der Waals surface area contributed by atoms with Gasteiger partial charge in [0, 0.05) is 18.0 Å². The minimum absolute atomic E-state index is 0.0334. The van der Waals surface area contributed by atoms with Crippen molar-refractivity contribution in [2.24, 2.45) is 0 Å². The number of nitrogen functional groups attached to an aromatic ring is 1. The second kappa shape index (κ2) is 8.82. The van der Waals surface area contributed by atoms with E-state index < -0.39 is 0 Å². The molecular formula is C15H24ClN3O. The highest BCUT2D eigenvalue weighted by atomic mass is 35.5. The van der Waals surface area contributed by atoms with Gasteiger partial charge in [-0.05, 0) is 37.7 Å². The van der Waals surface area contributed by atoms with Gasteiger partial charge in [-0.3, -0.25) is 4.79 Å². The van der Waals surface area contributed by atoms with Gasteiger partial charge in [0.2, 0.25) is 5.91 Å². The average Bonchev–Trinajstić information content (AvgIpc) is 2.43. The van der Waals surface area contributed by atoms with Crippen molar-refractivity contribution in [3.05, 3.63) is 23.2 Å². The van der Waals surface area contributed by atoms with Crippen molar-refractivity contribution in [1.82, 2.24) is 4.90 Å². The number of hydrogen-bond donors (Lipinski definition) is 2. The fraction of sp³-hybridized carbons (Fsp3) is 0.533. The Morgan fingerprint density at radius 1 is 1.35 bits per heavy atom. The van der Waals surface area contributed by atoms with E-state index in [0.717, 1.165) is 26.1 Å². The molecule has 3 N–H and O–H groups in total.